The van der Waals surface area contributed by atoms with E-state index in [1.54, 1.807) is 13.8 Å². The molecule has 2 atom stereocenters. The highest BCUT2D eigenvalue weighted by atomic mass is 16.5. The van der Waals surface area contributed by atoms with Crippen LogP contribution >= 0.6 is 0 Å². The quantitative estimate of drug-likeness (QED) is 0.518. The van der Waals surface area contributed by atoms with Gasteiger partial charge >= 0.3 is 17.9 Å². The molecule has 0 saturated carbocycles. The van der Waals surface area contributed by atoms with Crippen LogP contribution in [0.15, 0.2) is 11.1 Å². The van der Waals surface area contributed by atoms with E-state index in [0.29, 0.717) is 0 Å². The Bertz CT molecular complexity index is 503. The molecule has 0 bridgehead atoms. The SMILES string of the molecule is CCOC(=O)C1=C(C(=O)OC)C(C(=O)OC)C1C(=O)CC. The van der Waals surface area contributed by atoms with Crippen LogP contribution in [0.5, 0.6) is 0 Å². The first kappa shape index (κ1) is 16.9. The minimum atomic E-state index is -1.12. The van der Waals surface area contributed by atoms with Gasteiger partial charge in [0.15, 0.2) is 0 Å². The van der Waals surface area contributed by atoms with Gasteiger partial charge in [-0.15, -0.1) is 0 Å². The molecule has 0 radical (unpaired) electrons. The Morgan fingerprint density at radius 1 is 0.905 bits per heavy atom. The van der Waals surface area contributed by atoms with E-state index in [1.807, 2.05) is 0 Å². The van der Waals surface area contributed by atoms with Gasteiger partial charge in [0.1, 0.15) is 11.7 Å². The standard InChI is InChI=1S/C14H18O7/c1-5-7(15)8-9(12(16)19-3)11(13(17)20-4)10(8)14(18)21-6-2/h8-9H,5-6H2,1-4H3. The zero-order valence-corrected chi connectivity index (χ0v) is 12.4. The molecule has 7 nitrogen and oxygen atoms in total. The van der Waals surface area contributed by atoms with E-state index >= 15 is 0 Å². The molecule has 0 saturated heterocycles. The number of hydrogen-bond donors (Lipinski definition) is 0. The largest absolute Gasteiger partial charge is 0.469 e. The normalized spacial score (nSPS) is 20.4. The van der Waals surface area contributed by atoms with Crippen molar-refractivity contribution in [3.8, 4) is 0 Å². The zero-order valence-electron chi connectivity index (χ0n) is 12.4. The topological polar surface area (TPSA) is 96.0 Å². The lowest BCUT2D eigenvalue weighted by molar-refractivity contribution is -0.155. The average Bonchev–Trinajstić information content (AvgIpc) is 2.45. The summed E-state index contributed by atoms with van der Waals surface area (Å²) in [7, 11) is 2.27. The molecule has 0 aliphatic heterocycles. The van der Waals surface area contributed by atoms with E-state index in [4.69, 9.17) is 4.74 Å². The lowest BCUT2D eigenvalue weighted by Gasteiger charge is -2.36. The fourth-order valence-electron chi connectivity index (χ4n) is 2.31. The van der Waals surface area contributed by atoms with Crippen molar-refractivity contribution < 1.29 is 33.4 Å². The summed E-state index contributed by atoms with van der Waals surface area (Å²) >= 11 is 0. The van der Waals surface area contributed by atoms with Gasteiger partial charge in [-0.2, -0.15) is 0 Å². The summed E-state index contributed by atoms with van der Waals surface area (Å²) in [5.41, 5.74) is -0.263. The molecular formula is C14H18O7. The molecule has 116 valence electrons. The number of ether oxygens (including phenoxy) is 3. The van der Waals surface area contributed by atoms with Crippen LogP contribution in [0.4, 0.5) is 0 Å². The summed E-state index contributed by atoms with van der Waals surface area (Å²) in [6, 6.07) is 0. The molecule has 0 aromatic heterocycles. The summed E-state index contributed by atoms with van der Waals surface area (Å²) in [5, 5.41) is 0. The van der Waals surface area contributed by atoms with Crippen LogP contribution in [0.3, 0.4) is 0 Å². The van der Waals surface area contributed by atoms with E-state index in [0.717, 1.165) is 14.2 Å². The van der Waals surface area contributed by atoms with Crippen LogP contribution in [0.25, 0.3) is 0 Å². The number of rotatable bonds is 6. The second-order valence-corrected chi connectivity index (χ2v) is 4.34. The molecule has 1 aliphatic carbocycles. The molecule has 1 aliphatic rings. The molecule has 21 heavy (non-hydrogen) atoms. The third-order valence-corrected chi connectivity index (χ3v) is 3.30. The van der Waals surface area contributed by atoms with E-state index in [1.165, 1.54) is 0 Å². The Morgan fingerprint density at radius 2 is 1.48 bits per heavy atom. The molecule has 7 heteroatoms. The Kier molecular flexibility index (Phi) is 5.63. The van der Waals surface area contributed by atoms with Gasteiger partial charge in [-0.05, 0) is 6.92 Å². The summed E-state index contributed by atoms with van der Waals surface area (Å²) < 4.78 is 14.0. The second kappa shape index (κ2) is 7.01. The third kappa shape index (κ3) is 2.96. The van der Waals surface area contributed by atoms with E-state index in [2.05, 4.69) is 9.47 Å². The molecule has 0 spiro atoms. The first-order chi connectivity index (χ1) is 9.94. The summed E-state index contributed by atoms with van der Waals surface area (Å²) in [6.45, 7) is 3.30. The van der Waals surface area contributed by atoms with Gasteiger partial charge in [-0.25, -0.2) is 9.59 Å². The number of carbonyl (C=O) groups is 4. The molecule has 0 aromatic carbocycles. The van der Waals surface area contributed by atoms with Crippen LogP contribution in [0.1, 0.15) is 20.3 Å². The molecule has 2 unspecified atom stereocenters. The predicted octanol–water partition coefficient (Wildman–Crippen LogP) is 0.417. The van der Waals surface area contributed by atoms with Gasteiger partial charge in [0.25, 0.3) is 0 Å². The van der Waals surface area contributed by atoms with Crippen LogP contribution in [0.2, 0.25) is 0 Å². The van der Waals surface area contributed by atoms with Crippen molar-refractivity contribution in [2.45, 2.75) is 20.3 Å². The monoisotopic (exact) mass is 298 g/mol. The highest BCUT2D eigenvalue weighted by molar-refractivity contribution is 6.14. The zero-order chi connectivity index (χ0) is 16.2. The molecule has 0 aromatic rings. The maximum atomic E-state index is 12.0. The number of ketones is 1. The lowest BCUT2D eigenvalue weighted by atomic mass is 9.65. The Morgan fingerprint density at radius 3 is 1.90 bits per heavy atom. The fourth-order valence-corrected chi connectivity index (χ4v) is 2.31. The average molecular weight is 298 g/mol. The van der Waals surface area contributed by atoms with Gasteiger partial charge in [0.05, 0.1) is 37.9 Å². The Balaban J connectivity index is 3.35. The lowest BCUT2D eigenvalue weighted by Crippen LogP contribution is -2.47. The van der Waals surface area contributed by atoms with Crippen molar-refractivity contribution in [1.82, 2.24) is 0 Å². The molecule has 0 N–H and O–H groups in total. The maximum Gasteiger partial charge on any atom is 0.335 e. The first-order valence-corrected chi connectivity index (χ1v) is 6.54. The third-order valence-electron chi connectivity index (χ3n) is 3.30. The predicted molar refractivity (Wildman–Crippen MR) is 70.0 cm³/mol. The molecule has 0 fully saturated rings. The van der Waals surface area contributed by atoms with Crippen LogP contribution in [0, 0.1) is 11.8 Å². The smallest absolute Gasteiger partial charge is 0.335 e. The van der Waals surface area contributed by atoms with Crippen molar-refractivity contribution in [3.05, 3.63) is 11.1 Å². The van der Waals surface area contributed by atoms with Gasteiger partial charge in [0, 0.05) is 6.42 Å². The minimum Gasteiger partial charge on any atom is -0.469 e. The summed E-state index contributed by atoms with van der Waals surface area (Å²) in [5.74, 6) is -4.85. The number of methoxy groups -OCH3 is 2. The Labute approximate surface area is 122 Å². The van der Waals surface area contributed by atoms with Gasteiger partial charge in [-0.1, -0.05) is 6.92 Å². The second-order valence-electron chi connectivity index (χ2n) is 4.34. The number of esters is 3. The van der Waals surface area contributed by atoms with Crippen LogP contribution in [-0.4, -0.2) is 44.5 Å². The summed E-state index contributed by atoms with van der Waals surface area (Å²) in [6.07, 6.45) is 0.121. The van der Waals surface area contributed by atoms with Crippen molar-refractivity contribution >= 4 is 23.7 Å². The number of carbonyl (C=O) groups excluding carboxylic acids is 4. The molecular weight excluding hydrogens is 280 g/mol. The van der Waals surface area contributed by atoms with Crippen molar-refractivity contribution in [1.29, 1.82) is 0 Å². The molecule has 0 amide bonds. The first-order valence-electron chi connectivity index (χ1n) is 6.54. The van der Waals surface area contributed by atoms with Crippen molar-refractivity contribution in [2.75, 3.05) is 20.8 Å². The van der Waals surface area contributed by atoms with Crippen molar-refractivity contribution in [3.63, 3.8) is 0 Å². The van der Waals surface area contributed by atoms with E-state index in [-0.39, 0.29) is 30.0 Å². The minimum absolute atomic E-state index is 0.0900. The Hall–Kier alpha value is -2.18. The van der Waals surface area contributed by atoms with E-state index in [9.17, 15) is 19.2 Å². The van der Waals surface area contributed by atoms with Gasteiger partial charge in [-0.3, -0.25) is 9.59 Å². The summed E-state index contributed by atoms with van der Waals surface area (Å²) in [4.78, 5) is 47.6. The van der Waals surface area contributed by atoms with Gasteiger partial charge in [0.2, 0.25) is 0 Å². The highest BCUT2D eigenvalue weighted by Crippen LogP contribution is 2.44. The van der Waals surface area contributed by atoms with Gasteiger partial charge < -0.3 is 14.2 Å². The fraction of sp³-hybridized carbons (Fsp3) is 0.571. The van der Waals surface area contributed by atoms with E-state index < -0.39 is 29.7 Å². The van der Waals surface area contributed by atoms with Crippen LogP contribution < -0.4 is 0 Å². The molecule has 1 rings (SSSR count). The molecule has 0 heterocycles. The number of hydrogen-bond acceptors (Lipinski definition) is 7. The maximum absolute atomic E-state index is 12.0. The van der Waals surface area contributed by atoms with Crippen molar-refractivity contribution in [2.24, 2.45) is 11.8 Å². The van der Waals surface area contributed by atoms with Crippen LogP contribution in [-0.2, 0) is 33.4 Å². The highest BCUT2D eigenvalue weighted by Gasteiger charge is 2.55. The number of Topliss-reactive ketones (excluding diaryl/α,β-unsaturated/α-hetero) is 1.